The highest BCUT2D eigenvalue weighted by atomic mass is 16.1. The molecule has 0 atom stereocenters. The van der Waals surface area contributed by atoms with Crippen molar-refractivity contribution in [2.45, 2.75) is 31.7 Å². The molecule has 3 heterocycles. The Hall–Kier alpha value is -2.37. The topological polar surface area (TPSA) is 89.6 Å². The Bertz CT molecular complexity index is 810. The summed E-state index contributed by atoms with van der Waals surface area (Å²) < 4.78 is 2.24. The third-order valence-corrected chi connectivity index (χ3v) is 4.61. The molecule has 3 aromatic rings. The van der Waals surface area contributed by atoms with Crippen LogP contribution in [0.25, 0.3) is 22.1 Å². The third kappa shape index (κ3) is 1.90. The highest BCUT2D eigenvalue weighted by molar-refractivity contribution is 6.00. The maximum absolute atomic E-state index is 11.3. The predicted molar refractivity (Wildman–Crippen MR) is 79.6 cm³/mol. The van der Waals surface area contributed by atoms with Gasteiger partial charge in [-0.15, -0.1) is 0 Å². The van der Waals surface area contributed by atoms with E-state index in [1.807, 2.05) is 18.6 Å². The van der Waals surface area contributed by atoms with E-state index in [0.29, 0.717) is 6.04 Å². The van der Waals surface area contributed by atoms with E-state index in [2.05, 4.69) is 19.5 Å². The standard InChI is InChI=1S/C15H17N5O/c16-14(21)9-1-3-10(4-2-9)20-8-19-12-7-18-15-11(13(12)20)5-6-17-15/h5-10H,1-4H2,(H2,16,21)(H,17,18). The van der Waals surface area contributed by atoms with Gasteiger partial charge >= 0.3 is 0 Å². The molecule has 0 aliphatic heterocycles. The Kier molecular flexibility index (Phi) is 2.70. The highest BCUT2D eigenvalue weighted by Gasteiger charge is 2.26. The van der Waals surface area contributed by atoms with Crippen LogP contribution in [0.4, 0.5) is 0 Å². The molecule has 0 radical (unpaired) electrons. The minimum Gasteiger partial charge on any atom is -0.369 e. The molecule has 3 aromatic heterocycles. The first-order valence-corrected chi connectivity index (χ1v) is 7.32. The fraction of sp³-hybridized carbons (Fsp3) is 0.400. The van der Waals surface area contributed by atoms with Crippen molar-refractivity contribution in [1.82, 2.24) is 19.5 Å². The fourth-order valence-electron chi connectivity index (χ4n) is 3.45. The van der Waals surface area contributed by atoms with E-state index in [1.165, 1.54) is 0 Å². The number of aromatic amines is 1. The number of aromatic nitrogens is 4. The highest BCUT2D eigenvalue weighted by Crippen LogP contribution is 2.35. The second-order valence-electron chi connectivity index (χ2n) is 5.79. The molecule has 3 N–H and O–H groups in total. The van der Waals surface area contributed by atoms with E-state index >= 15 is 0 Å². The lowest BCUT2D eigenvalue weighted by atomic mass is 9.85. The van der Waals surface area contributed by atoms with Gasteiger partial charge in [-0.1, -0.05) is 0 Å². The minimum atomic E-state index is -0.166. The van der Waals surface area contributed by atoms with Gasteiger partial charge in [0, 0.05) is 23.5 Å². The van der Waals surface area contributed by atoms with Crippen LogP contribution in [0.15, 0.2) is 24.8 Å². The quantitative estimate of drug-likeness (QED) is 0.755. The zero-order chi connectivity index (χ0) is 14.4. The maximum Gasteiger partial charge on any atom is 0.220 e. The summed E-state index contributed by atoms with van der Waals surface area (Å²) in [6, 6.07) is 2.42. The Morgan fingerprint density at radius 3 is 2.86 bits per heavy atom. The first kappa shape index (κ1) is 12.4. The third-order valence-electron chi connectivity index (χ3n) is 4.61. The summed E-state index contributed by atoms with van der Waals surface area (Å²) in [4.78, 5) is 23.3. The van der Waals surface area contributed by atoms with Crippen LogP contribution in [0.2, 0.25) is 0 Å². The number of carbonyl (C=O) groups excluding carboxylic acids is 1. The maximum atomic E-state index is 11.3. The molecule has 21 heavy (non-hydrogen) atoms. The second-order valence-corrected chi connectivity index (χ2v) is 5.79. The number of fused-ring (bicyclic) bond motifs is 3. The van der Waals surface area contributed by atoms with Gasteiger partial charge in [-0.2, -0.15) is 0 Å². The molecule has 6 nitrogen and oxygen atoms in total. The molecule has 0 saturated heterocycles. The number of nitrogens with zero attached hydrogens (tertiary/aromatic N) is 3. The molecule has 0 bridgehead atoms. The Morgan fingerprint density at radius 2 is 2.10 bits per heavy atom. The minimum absolute atomic E-state index is 0.0324. The second kappa shape index (κ2) is 4.58. The van der Waals surface area contributed by atoms with Crippen LogP contribution < -0.4 is 5.73 Å². The number of hydrogen-bond donors (Lipinski definition) is 2. The number of imidazole rings is 1. The molecule has 1 amide bonds. The zero-order valence-corrected chi connectivity index (χ0v) is 11.6. The molecule has 1 saturated carbocycles. The van der Waals surface area contributed by atoms with Crippen LogP contribution in [0.5, 0.6) is 0 Å². The number of amides is 1. The monoisotopic (exact) mass is 283 g/mol. The molecule has 108 valence electrons. The number of hydrogen-bond acceptors (Lipinski definition) is 3. The van der Waals surface area contributed by atoms with E-state index in [9.17, 15) is 4.79 Å². The smallest absolute Gasteiger partial charge is 0.220 e. The van der Waals surface area contributed by atoms with Crippen molar-refractivity contribution in [3.63, 3.8) is 0 Å². The molecule has 1 fully saturated rings. The van der Waals surface area contributed by atoms with E-state index in [0.717, 1.165) is 47.8 Å². The predicted octanol–water partition coefficient (Wildman–Crippen LogP) is 2.13. The van der Waals surface area contributed by atoms with Crippen molar-refractivity contribution in [2.24, 2.45) is 11.7 Å². The van der Waals surface area contributed by atoms with Crippen molar-refractivity contribution < 1.29 is 4.79 Å². The lowest BCUT2D eigenvalue weighted by Crippen LogP contribution is -2.28. The van der Waals surface area contributed by atoms with Crippen molar-refractivity contribution in [3.8, 4) is 0 Å². The van der Waals surface area contributed by atoms with Gasteiger partial charge in [0.15, 0.2) is 0 Å². The summed E-state index contributed by atoms with van der Waals surface area (Å²) in [7, 11) is 0. The van der Waals surface area contributed by atoms with Crippen LogP contribution in [0.3, 0.4) is 0 Å². The van der Waals surface area contributed by atoms with Gasteiger partial charge in [0.2, 0.25) is 5.91 Å². The number of nitrogens with one attached hydrogen (secondary N) is 1. The number of carbonyl (C=O) groups is 1. The Labute approximate surface area is 121 Å². The molecular formula is C15H17N5O. The Morgan fingerprint density at radius 1 is 1.29 bits per heavy atom. The number of nitrogens with two attached hydrogens (primary N) is 1. The summed E-state index contributed by atoms with van der Waals surface area (Å²) >= 11 is 0. The lowest BCUT2D eigenvalue weighted by Gasteiger charge is -2.28. The van der Waals surface area contributed by atoms with Gasteiger partial charge in [-0.25, -0.2) is 9.97 Å². The summed E-state index contributed by atoms with van der Waals surface area (Å²) in [6.07, 6.45) is 9.26. The molecule has 6 heteroatoms. The van der Waals surface area contributed by atoms with Crippen LogP contribution in [-0.4, -0.2) is 25.4 Å². The van der Waals surface area contributed by atoms with Crippen LogP contribution >= 0.6 is 0 Å². The van der Waals surface area contributed by atoms with Gasteiger partial charge in [0.25, 0.3) is 0 Å². The SMILES string of the molecule is NC(=O)C1CCC(n2cnc3cnc4[nH]ccc4c32)CC1. The number of H-pyrrole nitrogens is 1. The van der Waals surface area contributed by atoms with Gasteiger partial charge in [-0.05, 0) is 31.7 Å². The number of rotatable bonds is 2. The average molecular weight is 283 g/mol. The summed E-state index contributed by atoms with van der Waals surface area (Å²) in [5, 5.41) is 1.10. The average Bonchev–Trinajstić information content (AvgIpc) is 3.13. The Balaban J connectivity index is 1.74. The largest absolute Gasteiger partial charge is 0.369 e. The van der Waals surface area contributed by atoms with Crippen LogP contribution in [-0.2, 0) is 4.79 Å². The molecule has 1 aliphatic rings. The fourth-order valence-corrected chi connectivity index (χ4v) is 3.45. The summed E-state index contributed by atoms with van der Waals surface area (Å²) in [6.45, 7) is 0. The zero-order valence-electron chi connectivity index (χ0n) is 11.6. The molecule has 0 spiro atoms. The molecule has 4 rings (SSSR count). The van der Waals surface area contributed by atoms with Gasteiger partial charge in [0.1, 0.15) is 11.2 Å². The van der Waals surface area contributed by atoms with E-state index in [-0.39, 0.29) is 11.8 Å². The van der Waals surface area contributed by atoms with Crippen molar-refractivity contribution >= 4 is 28.0 Å². The van der Waals surface area contributed by atoms with Crippen molar-refractivity contribution in [1.29, 1.82) is 0 Å². The van der Waals surface area contributed by atoms with E-state index < -0.39 is 0 Å². The number of primary amides is 1. The normalized spacial score (nSPS) is 22.9. The number of pyridine rings is 1. The van der Waals surface area contributed by atoms with Crippen molar-refractivity contribution in [3.05, 3.63) is 24.8 Å². The molecule has 1 aliphatic carbocycles. The van der Waals surface area contributed by atoms with Crippen molar-refractivity contribution in [2.75, 3.05) is 0 Å². The van der Waals surface area contributed by atoms with E-state index in [1.54, 1.807) is 6.20 Å². The lowest BCUT2D eigenvalue weighted by molar-refractivity contribution is -0.122. The summed E-state index contributed by atoms with van der Waals surface area (Å²) in [5.74, 6) is -0.133. The van der Waals surface area contributed by atoms with Gasteiger partial charge in [0.05, 0.1) is 18.0 Å². The summed E-state index contributed by atoms with van der Waals surface area (Å²) in [5.41, 5.74) is 8.34. The first-order valence-electron chi connectivity index (χ1n) is 7.32. The molecule has 0 aromatic carbocycles. The van der Waals surface area contributed by atoms with Crippen LogP contribution in [0, 0.1) is 5.92 Å². The van der Waals surface area contributed by atoms with Crippen LogP contribution in [0.1, 0.15) is 31.7 Å². The van der Waals surface area contributed by atoms with Gasteiger partial charge in [-0.3, -0.25) is 4.79 Å². The molecule has 0 unspecified atom stereocenters. The first-order chi connectivity index (χ1) is 10.2. The molecular weight excluding hydrogens is 266 g/mol. The van der Waals surface area contributed by atoms with E-state index in [4.69, 9.17) is 5.73 Å². The van der Waals surface area contributed by atoms with Gasteiger partial charge < -0.3 is 15.3 Å².